The average Bonchev–Trinajstić information content (AvgIpc) is 2.35. The second kappa shape index (κ2) is 4.94. The SMILES string of the molecule is Cc1ccc(C)c(-c2cc(CCl)c(=O)n(C)n2)c1. The fourth-order valence-corrected chi connectivity index (χ4v) is 2.10. The topological polar surface area (TPSA) is 34.9 Å². The molecule has 0 aliphatic heterocycles. The molecular weight excluding hydrogens is 248 g/mol. The van der Waals surface area contributed by atoms with Gasteiger partial charge in [-0.2, -0.15) is 5.10 Å². The molecule has 18 heavy (non-hydrogen) atoms. The highest BCUT2D eigenvalue weighted by Crippen LogP contribution is 2.22. The molecule has 0 saturated heterocycles. The molecular formula is C14H15ClN2O. The van der Waals surface area contributed by atoms with E-state index in [9.17, 15) is 4.79 Å². The van der Waals surface area contributed by atoms with Gasteiger partial charge in [-0.25, -0.2) is 4.68 Å². The van der Waals surface area contributed by atoms with E-state index in [0.717, 1.165) is 16.8 Å². The van der Waals surface area contributed by atoms with Crippen LogP contribution in [-0.4, -0.2) is 9.78 Å². The van der Waals surface area contributed by atoms with Gasteiger partial charge in [0.15, 0.2) is 0 Å². The van der Waals surface area contributed by atoms with Crippen LogP contribution in [0.1, 0.15) is 16.7 Å². The predicted molar refractivity (Wildman–Crippen MR) is 73.9 cm³/mol. The van der Waals surface area contributed by atoms with Crippen molar-refractivity contribution in [2.24, 2.45) is 7.05 Å². The van der Waals surface area contributed by atoms with Gasteiger partial charge < -0.3 is 0 Å². The van der Waals surface area contributed by atoms with Gasteiger partial charge in [0.2, 0.25) is 0 Å². The van der Waals surface area contributed by atoms with Crippen LogP contribution in [0.3, 0.4) is 0 Å². The lowest BCUT2D eigenvalue weighted by atomic mass is 10.0. The fraction of sp³-hybridized carbons (Fsp3) is 0.286. The van der Waals surface area contributed by atoms with Gasteiger partial charge in [-0.05, 0) is 31.5 Å². The average molecular weight is 263 g/mol. The van der Waals surface area contributed by atoms with Crippen molar-refractivity contribution in [3.63, 3.8) is 0 Å². The molecule has 2 aromatic rings. The maximum absolute atomic E-state index is 11.8. The van der Waals surface area contributed by atoms with Crippen molar-refractivity contribution < 1.29 is 0 Å². The first-order chi connectivity index (χ1) is 8.52. The van der Waals surface area contributed by atoms with Crippen LogP contribution < -0.4 is 5.56 Å². The quantitative estimate of drug-likeness (QED) is 0.780. The Balaban J connectivity index is 2.68. The van der Waals surface area contributed by atoms with Crippen molar-refractivity contribution in [1.29, 1.82) is 0 Å². The molecule has 0 unspecified atom stereocenters. The van der Waals surface area contributed by atoms with E-state index in [0.29, 0.717) is 5.56 Å². The number of aryl methyl sites for hydroxylation is 3. The summed E-state index contributed by atoms with van der Waals surface area (Å²) in [5, 5.41) is 4.30. The van der Waals surface area contributed by atoms with Crippen molar-refractivity contribution in [1.82, 2.24) is 9.78 Å². The van der Waals surface area contributed by atoms with Crippen LogP contribution in [0.4, 0.5) is 0 Å². The van der Waals surface area contributed by atoms with Crippen LogP contribution in [0.2, 0.25) is 0 Å². The number of aromatic nitrogens is 2. The molecule has 2 rings (SSSR count). The number of hydrogen-bond acceptors (Lipinski definition) is 2. The third kappa shape index (κ3) is 2.31. The Morgan fingerprint density at radius 2 is 2.00 bits per heavy atom. The summed E-state index contributed by atoms with van der Waals surface area (Å²) in [5.41, 5.74) is 4.56. The van der Waals surface area contributed by atoms with E-state index in [1.54, 1.807) is 13.1 Å². The number of halogens is 1. The lowest BCUT2D eigenvalue weighted by molar-refractivity contribution is 0.703. The summed E-state index contributed by atoms with van der Waals surface area (Å²) in [4.78, 5) is 11.8. The lowest BCUT2D eigenvalue weighted by Crippen LogP contribution is -2.23. The van der Waals surface area contributed by atoms with Crippen molar-refractivity contribution in [3.8, 4) is 11.3 Å². The zero-order valence-electron chi connectivity index (χ0n) is 10.7. The van der Waals surface area contributed by atoms with Crippen molar-refractivity contribution in [2.75, 3.05) is 0 Å². The monoisotopic (exact) mass is 262 g/mol. The van der Waals surface area contributed by atoms with Gasteiger partial charge >= 0.3 is 0 Å². The first-order valence-electron chi connectivity index (χ1n) is 5.73. The molecule has 0 radical (unpaired) electrons. The Morgan fingerprint density at radius 1 is 1.28 bits per heavy atom. The normalized spacial score (nSPS) is 10.7. The Kier molecular flexibility index (Phi) is 3.53. The maximum atomic E-state index is 11.8. The fourth-order valence-electron chi connectivity index (χ4n) is 1.91. The van der Waals surface area contributed by atoms with Gasteiger partial charge in [-0.3, -0.25) is 4.79 Å². The molecule has 0 aliphatic rings. The second-order valence-electron chi connectivity index (χ2n) is 4.44. The molecule has 0 aliphatic carbocycles. The second-order valence-corrected chi connectivity index (χ2v) is 4.70. The highest BCUT2D eigenvalue weighted by molar-refractivity contribution is 6.17. The summed E-state index contributed by atoms with van der Waals surface area (Å²) in [7, 11) is 1.65. The first kappa shape index (κ1) is 12.8. The van der Waals surface area contributed by atoms with Gasteiger partial charge in [-0.15, -0.1) is 11.6 Å². The van der Waals surface area contributed by atoms with Gasteiger partial charge in [-0.1, -0.05) is 17.7 Å². The molecule has 0 atom stereocenters. The van der Waals surface area contributed by atoms with E-state index in [1.807, 2.05) is 13.8 Å². The van der Waals surface area contributed by atoms with Crippen LogP contribution >= 0.6 is 11.6 Å². The van der Waals surface area contributed by atoms with Gasteiger partial charge in [0.1, 0.15) is 0 Å². The highest BCUT2D eigenvalue weighted by Gasteiger charge is 2.09. The summed E-state index contributed by atoms with van der Waals surface area (Å²) in [5.74, 6) is 0.201. The van der Waals surface area contributed by atoms with E-state index in [-0.39, 0.29) is 11.4 Å². The smallest absolute Gasteiger partial charge is 0.267 e. The minimum absolute atomic E-state index is 0.140. The Morgan fingerprint density at radius 3 is 2.67 bits per heavy atom. The minimum Gasteiger partial charge on any atom is -0.267 e. The number of alkyl halides is 1. The highest BCUT2D eigenvalue weighted by atomic mass is 35.5. The maximum Gasteiger partial charge on any atom is 0.270 e. The Bertz CT molecular complexity index is 647. The minimum atomic E-state index is -0.140. The summed E-state index contributed by atoms with van der Waals surface area (Å²) >= 11 is 5.79. The molecule has 0 fully saturated rings. The molecule has 0 N–H and O–H groups in total. The van der Waals surface area contributed by atoms with Crippen LogP contribution in [0.5, 0.6) is 0 Å². The standard InChI is InChI=1S/C14H15ClN2O/c1-9-4-5-10(2)12(6-9)13-7-11(8-15)14(18)17(3)16-13/h4-7H,8H2,1-3H3. The van der Waals surface area contributed by atoms with Gasteiger partial charge in [0.25, 0.3) is 5.56 Å². The zero-order valence-corrected chi connectivity index (χ0v) is 11.5. The van der Waals surface area contributed by atoms with Crippen LogP contribution in [-0.2, 0) is 12.9 Å². The van der Waals surface area contributed by atoms with E-state index in [2.05, 4.69) is 23.3 Å². The first-order valence-corrected chi connectivity index (χ1v) is 6.27. The molecule has 0 spiro atoms. The molecule has 1 aromatic heterocycles. The lowest BCUT2D eigenvalue weighted by Gasteiger charge is -2.09. The van der Waals surface area contributed by atoms with E-state index >= 15 is 0 Å². The summed E-state index contributed by atoms with van der Waals surface area (Å²) < 4.78 is 1.34. The van der Waals surface area contributed by atoms with Crippen molar-refractivity contribution >= 4 is 11.6 Å². The van der Waals surface area contributed by atoms with Gasteiger partial charge in [0, 0.05) is 18.2 Å². The molecule has 0 bridgehead atoms. The number of hydrogen-bond donors (Lipinski definition) is 0. The van der Waals surface area contributed by atoms with Crippen LogP contribution in [0, 0.1) is 13.8 Å². The summed E-state index contributed by atoms with van der Waals surface area (Å²) in [6, 6.07) is 7.96. The Hall–Kier alpha value is -1.61. The number of rotatable bonds is 2. The molecule has 0 amide bonds. The van der Waals surface area contributed by atoms with E-state index in [1.165, 1.54) is 10.2 Å². The van der Waals surface area contributed by atoms with Crippen LogP contribution in [0.25, 0.3) is 11.3 Å². The van der Waals surface area contributed by atoms with Crippen LogP contribution in [0.15, 0.2) is 29.1 Å². The third-order valence-electron chi connectivity index (χ3n) is 2.95. The molecule has 1 aromatic carbocycles. The predicted octanol–water partition coefficient (Wildman–Crippen LogP) is 2.80. The van der Waals surface area contributed by atoms with Crippen molar-refractivity contribution in [2.45, 2.75) is 19.7 Å². The molecule has 94 valence electrons. The van der Waals surface area contributed by atoms with E-state index < -0.39 is 0 Å². The molecule has 3 nitrogen and oxygen atoms in total. The summed E-state index contributed by atoms with van der Waals surface area (Å²) in [6.07, 6.45) is 0. The third-order valence-corrected chi connectivity index (χ3v) is 3.24. The number of nitrogens with zero attached hydrogens (tertiary/aromatic N) is 2. The van der Waals surface area contributed by atoms with Gasteiger partial charge in [0.05, 0.1) is 11.6 Å². The largest absolute Gasteiger partial charge is 0.270 e. The molecule has 1 heterocycles. The Labute approximate surface area is 111 Å². The number of benzene rings is 1. The zero-order chi connectivity index (χ0) is 13.3. The van der Waals surface area contributed by atoms with Crippen molar-refractivity contribution in [3.05, 3.63) is 51.3 Å². The summed E-state index contributed by atoms with van der Waals surface area (Å²) in [6.45, 7) is 4.06. The molecule has 4 heteroatoms. The molecule has 0 saturated carbocycles. The van der Waals surface area contributed by atoms with E-state index in [4.69, 9.17) is 11.6 Å².